The van der Waals surface area contributed by atoms with Crippen LogP contribution in [0.4, 0.5) is 10.1 Å². The van der Waals surface area contributed by atoms with Gasteiger partial charge in [-0.1, -0.05) is 42.0 Å². The molecule has 3 aromatic rings. The maximum atomic E-state index is 14.0. The molecule has 1 aliphatic heterocycles. The lowest BCUT2D eigenvalue weighted by Gasteiger charge is -2.36. The molecule has 0 aromatic heterocycles. The molecule has 1 fully saturated rings. The Balaban J connectivity index is 1.16. The minimum Gasteiger partial charge on any atom is -0.367 e. The average Bonchev–Trinajstić information content (AvgIpc) is 2.91. The van der Waals surface area contributed by atoms with Gasteiger partial charge in [0.15, 0.2) is 0 Å². The molecule has 1 amide bonds. The number of amides is 1. The number of halogens is 1. The summed E-state index contributed by atoms with van der Waals surface area (Å²) in [6.07, 6.45) is 0.824. The third-order valence-corrected chi connectivity index (χ3v) is 7.93. The van der Waals surface area contributed by atoms with Crippen molar-refractivity contribution in [2.75, 3.05) is 44.2 Å². The third kappa shape index (κ3) is 7.38. The Morgan fingerprint density at radius 1 is 0.919 bits per heavy atom. The number of nitrogens with one attached hydrogen (secondary N) is 2. The average molecular weight is 525 g/mol. The summed E-state index contributed by atoms with van der Waals surface area (Å²) in [6.45, 7) is 6.74. The number of para-hydroxylation sites is 1. The number of sulfonamides is 1. The van der Waals surface area contributed by atoms with Gasteiger partial charge in [-0.25, -0.2) is 17.5 Å². The van der Waals surface area contributed by atoms with E-state index in [1.54, 1.807) is 54.6 Å². The number of carbonyl (C=O) groups excluding carboxylic acids is 1. The highest BCUT2D eigenvalue weighted by Gasteiger charge is 2.19. The first kappa shape index (κ1) is 26.8. The Bertz CT molecular complexity index is 1290. The Morgan fingerprint density at radius 3 is 2.27 bits per heavy atom. The number of rotatable bonds is 10. The molecule has 196 valence electrons. The topological polar surface area (TPSA) is 81.7 Å². The van der Waals surface area contributed by atoms with Crippen molar-refractivity contribution in [2.45, 2.75) is 24.8 Å². The summed E-state index contributed by atoms with van der Waals surface area (Å²) in [7, 11) is -3.60. The molecule has 0 saturated carbocycles. The Morgan fingerprint density at radius 2 is 1.59 bits per heavy atom. The van der Waals surface area contributed by atoms with Crippen LogP contribution in [0.25, 0.3) is 0 Å². The Labute approximate surface area is 218 Å². The summed E-state index contributed by atoms with van der Waals surface area (Å²) in [5.41, 5.74) is 2.95. The molecule has 1 heterocycles. The molecule has 0 bridgehead atoms. The molecule has 0 radical (unpaired) electrons. The van der Waals surface area contributed by atoms with Crippen LogP contribution < -0.4 is 14.9 Å². The van der Waals surface area contributed by atoms with Gasteiger partial charge >= 0.3 is 0 Å². The van der Waals surface area contributed by atoms with E-state index in [1.807, 2.05) is 19.1 Å². The molecule has 0 spiro atoms. The molecule has 0 atom stereocenters. The molecule has 2 N–H and O–H groups in total. The van der Waals surface area contributed by atoms with Crippen molar-refractivity contribution in [2.24, 2.45) is 0 Å². The SMILES string of the molecule is Cc1ccc(S(=O)(=O)NCc2ccc(C(=O)NCCCN3CCN(c4ccccc4F)CC3)cc2)cc1. The van der Waals surface area contributed by atoms with Crippen LogP contribution in [0.15, 0.2) is 77.7 Å². The second-order valence-corrected chi connectivity index (χ2v) is 11.0. The third-order valence-electron chi connectivity index (χ3n) is 6.52. The maximum absolute atomic E-state index is 14.0. The largest absolute Gasteiger partial charge is 0.367 e. The number of anilines is 1. The Kier molecular flexibility index (Phi) is 8.91. The minimum atomic E-state index is -3.60. The van der Waals surface area contributed by atoms with Crippen LogP contribution in [-0.4, -0.2) is 58.5 Å². The zero-order chi connectivity index (χ0) is 26.3. The van der Waals surface area contributed by atoms with Crippen LogP contribution >= 0.6 is 0 Å². The molecule has 0 unspecified atom stereocenters. The fourth-order valence-electron chi connectivity index (χ4n) is 4.28. The van der Waals surface area contributed by atoms with Crippen LogP contribution in [-0.2, 0) is 16.6 Å². The quantitative estimate of drug-likeness (QED) is 0.397. The first-order valence-electron chi connectivity index (χ1n) is 12.5. The van der Waals surface area contributed by atoms with E-state index in [4.69, 9.17) is 0 Å². The Hall–Kier alpha value is -3.27. The van der Waals surface area contributed by atoms with Gasteiger partial charge in [0.1, 0.15) is 5.82 Å². The molecule has 37 heavy (non-hydrogen) atoms. The van der Waals surface area contributed by atoms with Crippen LogP contribution in [0, 0.1) is 12.7 Å². The molecular weight excluding hydrogens is 491 g/mol. The highest BCUT2D eigenvalue weighted by molar-refractivity contribution is 7.89. The highest BCUT2D eigenvalue weighted by atomic mass is 32.2. The lowest BCUT2D eigenvalue weighted by atomic mass is 10.1. The number of nitrogens with zero attached hydrogens (tertiary/aromatic N) is 2. The second-order valence-electron chi connectivity index (χ2n) is 9.22. The van der Waals surface area contributed by atoms with E-state index in [0.29, 0.717) is 17.8 Å². The molecular formula is C28H33FN4O3S. The first-order valence-corrected chi connectivity index (χ1v) is 14.0. The molecule has 7 nitrogen and oxygen atoms in total. The fraction of sp³-hybridized carbons (Fsp3) is 0.321. The number of carbonyl (C=O) groups is 1. The lowest BCUT2D eigenvalue weighted by molar-refractivity contribution is 0.0951. The zero-order valence-electron chi connectivity index (χ0n) is 21.0. The van der Waals surface area contributed by atoms with Gasteiger partial charge in [-0.15, -0.1) is 0 Å². The van der Waals surface area contributed by atoms with Crippen LogP contribution in [0.3, 0.4) is 0 Å². The summed E-state index contributed by atoms with van der Waals surface area (Å²) in [4.78, 5) is 17.1. The monoisotopic (exact) mass is 524 g/mol. The standard InChI is InChI=1S/C28H33FN4O3S/c1-22-7-13-25(14-8-22)37(35,36)31-21-23-9-11-24(12-10-23)28(34)30-15-4-16-32-17-19-33(20-18-32)27-6-3-2-5-26(27)29/h2-3,5-14,31H,4,15-21H2,1H3,(H,30,34). The number of benzene rings is 3. The van der Waals surface area contributed by atoms with Crippen molar-refractivity contribution in [3.63, 3.8) is 0 Å². The maximum Gasteiger partial charge on any atom is 0.251 e. The highest BCUT2D eigenvalue weighted by Crippen LogP contribution is 2.20. The molecule has 4 rings (SSSR count). The number of hydrogen-bond acceptors (Lipinski definition) is 5. The summed E-state index contributed by atoms with van der Waals surface area (Å²) >= 11 is 0. The van der Waals surface area contributed by atoms with Gasteiger partial charge in [0.05, 0.1) is 10.6 Å². The van der Waals surface area contributed by atoms with E-state index in [-0.39, 0.29) is 23.2 Å². The van der Waals surface area contributed by atoms with Crippen LogP contribution in [0.1, 0.15) is 27.9 Å². The van der Waals surface area contributed by atoms with Crippen molar-refractivity contribution in [1.29, 1.82) is 0 Å². The number of piperazine rings is 1. The summed E-state index contributed by atoms with van der Waals surface area (Å²) in [5.74, 6) is -0.341. The van der Waals surface area contributed by atoms with Gasteiger partial charge in [-0.05, 0) is 61.9 Å². The van der Waals surface area contributed by atoms with E-state index in [9.17, 15) is 17.6 Å². The second kappa shape index (κ2) is 12.3. The molecule has 0 aliphatic carbocycles. The van der Waals surface area contributed by atoms with Gasteiger partial charge in [0.2, 0.25) is 10.0 Å². The van der Waals surface area contributed by atoms with Gasteiger partial charge in [-0.2, -0.15) is 0 Å². The summed E-state index contributed by atoms with van der Waals surface area (Å²) < 4.78 is 41.5. The fourth-order valence-corrected chi connectivity index (χ4v) is 5.30. The van der Waals surface area contributed by atoms with E-state index in [1.165, 1.54) is 6.07 Å². The summed E-state index contributed by atoms with van der Waals surface area (Å²) in [6, 6.07) is 20.5. The van der Waals surface area contributed by atoms with Crippen molar-refractivity contribution in [1.82, 2.24) is 14.9 Å². The van der Waals surface area contributed by atoms with E-state index < -0.39 is 10.0 Å². The van der Waals surface area contributed by atoms with E-state index in [0.717, 1.165) is 50.3 Å². The molecule has 1 aliphatic rings. The van der Waals surface area contributed by atoms with Gasteiger partial charge in [-0.3, -0.25) is 9.69 Å². The normalized spacial score (nSPS) is 14.5. The van der Waals surface area contributed by atoms with E-state index >= 15 is 0 Å². The predicted octanol–water partition coefficient (Wildman–Crippen LogP) is 3.55. The molecule has 3 aromatic carbocycles. The van der Waals surface area contributed by atoms with Crippen molar-refractivity contribution in [3.05, 3.63) is 95.3 Å². The number of aryl methyl sites for hydroxylation is 1. The first-order chi connectivity index (χ1) is 17.8. The zero-order valence-corrected chi connectivity index (χ0v) is 21.8. The predicted molar refractivity (Wildman–Crippen MR) is 144 cm³/mol. The van der Waals surface area contributed by atoms with Gasteiger partial charge in [0.25, 0.3) is 5.91 Å². The lowest BCUT2D eigenvalue weighted by Crippen LogP contribution is -2.47. The van der Waals surface area contributed by atoms with Gasteiger partial charge < -0.3 is 10.2 Å². The van der Waals surface area contributed by atoms with Crippen LogP contribution in [0.2, 0.25) is 0 Å². The summed E-state index contributed by atoms with van der Waals surface area (Å²) in [5, 5.41) is 2.95. The number of hydrogen-bond donors (Lipinski definition) is 2. The van der Waals surface area contributed by atoms with Gasteiger partial charge in [0, 0.05) is 44.8 Å². The van der Waals surface area contributed by atoms with Crippen molar-refractivity contribution >= 4 is 21.6 Å². The van der Waals surface area contributed by atoms with Crippen molar-refractivity contribution < 1.29 is 17.6 Å². The molecule has 9 heteroatoms. The minimum absolute atomic E-state index is 0.141. The van der Waals surface area contributed by atoms with Crippen molar-refractivity contribution in [3.8, 4) is 0 Å². The van der Waals surface area contributed by atoms with Crippen LogP contribution in [0.5, 0.6) is 0 Å². The molecule has 1 saturated heterocycles. The van der Waals surface area contributed by atoms with E-state index in [2.05, 4.69) is 19.8 Å². The smallest absolute Gasteiger partial charge is 0.251 e.